The largest absolute Gasteiger partial charge is 0.477 e. The Hall–Kier alpha value is -0.303. The lowest BCUT2D eigenvalue weighted by Gasteiger charge is -2.16. The molecule has 0 bridgehead atoms. The van der Waals surface area contributed by atoms with E-state index in [0.717, 1.165) is 6.04 Å². The standard InChI is InChI=1S/C12H19BrClNO3Si/c1-8-10(14)9(13)11(12(16)17)15(8)7-18-5-6-19(2,3)4/h5-7H2,1-4H3,(H,16,17). The molecular formula is C12H19BrClNO3Si. The molecule has 0 saturated carbocycles. The topological polar surface area (TPSA) is 51.5 Å². The molecule has 0 spiro atoms. The molecule has 1 N–H and O–H groups in total. The lowest BCUT2D eigenvalue weighted by atomic mass is 10.4. The molecule has 0 aliphatic rings. The maximum absolute atomic E-state index is 11.2. The first-order valence-electron chi connectivity index (χ1n) is 6.00. The predicted octanol–water partition coefficient (Wildman–Crippen LogP) is 4.22. The Morgan fingerprint density at radius 1 is 1.47 bits per heavy atom. The van der Waals surface area contributed by atoms with Crippen LogP contribution in [0, 0.1) is 6.92 Å². The van der Waals surface area contributed by atoms with Crippen molar-refractivity contribution in [1.29, 1.82) is 0 Å². The Morgan fingerprint density at radius 2 is 2.05 bits per heavy atom. The Kier molecular flexibility index (Phi) is 5.67. The molecule has 19 heavy (non-hydrogen) atoms. The van der Waals surface area contributed by atoms with Crippen molar-refractivity contribution in [1.82, 2.24) is 4.57 Å². The van der Waals surface area contributed by atoms with Crippen molar-refractivity contribution in [3.8, 4) is 0 Å². The van der Waals surface area contributed by atoms with E-state index in [1.165, 1.54) is 0 Å². The third-order valence-corrected chi connectivity index (χ3v) is 5.98. The van der Waals surface area contributed by atoms with Crippen LogP contribution < -0.4 is 0 Å². The van der Waals surface area contributed by atoms with Crippen molar-refractivity contribution >= 4 is 41.6 Å². The number of aromatic carboxylic acids is 1. The van der Waals surface area contributed by atoms with E-state index in [1.807, 2.05) is 0 Å². The van der Waals surface area contributed by atoms with Crippen LogP contribution in [-0.4, -0.2) is 30.3 Å². The number of carboxylic acid groups (broad SMARTS) is 1. The van der Waals surface area contributed by atoms with Crippen molar-refractivity contribution in [2.24, 2.45) is 0 Å². The maximum atomic E-state index is 11.2. The van der Waals surface area contributed by atoms with Gasteiger partial charge < -0.3 is 14.4 Å². The summed E-state index contributed by atoms with van der Waals surface area (Å²) in [4.78, 5) is 11.2. The highest BCUT2D eigenvalue weighted by Gasteiger charge is 2.22. The van der Waals surface area contributed by atoms with Gasteiger partial charge in [-0.15, -0.1) is 0 Å². The maximum Gasteiger partial charge on any atom is 0.353 e. The quantitative estimate of drug-likeness (QED) is 0.604. The van der Waals surface area contributed by atoms with Gasteiger partial charge in [0.05, 0.1) is 9.50 Å². The van der Waals surface area contributed by atoms with E-state index < -0.39 is 14.0 Å². The summed E-state index contributed by atoms with van der Waals surface area (Å²) in [7, 11) is -1.14. The number of nitrogens with zero attached hydrogens (tertiary/aromatic N) is 1. The molecule has 0 aromatic carbocycles. The number of hydrogen-bond donors (Lipinski definition) is 1. The SMILES string of the molecule is Cc1c(Cl)c(Br)c(C(=O)O)n1COCC[Si](C)(C)C. The molecule has 0 fully saturated rings. The highest BCUT2D eigenvalue weighted by atomic mass is 79.9. The molecule has 7 heteroatoms. The molecule has 0 saturated heterocycles. The number of aromatic nitrogens is 1. The molecule has 1 aromatic rings. The monoisotopic (exact) mass is 367 g/mol. The van der Waals surface area contributed by atoms with E-state index in [2.05, 4.69) is 35.6 Å². The summed E-state index contributed by atoms with van der Waals surface area (Å²) in [5, 5.41) is 9.63. The summed E-state index contributed by atoms with van der Waals surface area (Å²) in [5.74, 6) is -1.02. The van der Waals surface area contributed by atoms with Crippen LogP contribution in [0.25, 0.3) is 0 Å². The summed E-state index contributed by atoms with van der Waals surface area (Å²) in [6.07, 6.45) is 0. The van der Waals surface area contributed by atoms with Crippen LogP contribution in [0.4, 0.5) is 0 Å². The molecule has 0 atom stereocenters. The lowest BCUT2D eigenvalue weighted by molar-refractivity contribution is 0.0617. The molecule has 108 valence electrons. The van der Waals surface area contributed by atoms with Crippen LogP contribution in [0.3, 0.4) is 0 Å². The number of halogens is 2. The van der Waals surface area contributed by atoms with E-state index in [9.17, 15) is 9.90 Å². The number of carboxylic acids is 1. The summed E-state index contributed by atoms with van der Waals surface area (Å²) < 4.78 is 7.58. The number of rotatable bonds is 6. The van der Waals surface area contributed by atoms with Crippen LogP contribution in [-0.2, 0) is 11.5 Å². The molecule has 0 aliphatic carbocycles. The van der Waals surface area contributed by atoms with Crippen LogP contribution in [0.5, 0.6) is 0 Å². The average Bonchev–Trinajstić information content (AvgIpc) is 2.48. The van der Waals surface area contributed by atoms with Gasteiger partial charge in [-0.1, -0.05) is 31.2 Å². The molecule has 0 amide bonds. The van der Waals surface area contributed by atoms with Gasteiger partial charge in [0.2, 0.25) is 0 Å². The molecule has 0 aliphatic heterocycles. The van der Waals surface area contributed by atoms with E-state index in [4.69, 9.17) is 16.3 Å². The minimum atomic E-state index is -1.14. The average molecular weight is 369 g/mol. The van der Waals surface area contributed by atoms with Crippen LogP contribution in [0.15, 0.2) is 4.47 Å². The minimum Gasteiger partial charge on any atom is -0.477 e. The second-order valence-electron chi connectivity index (χ2n) is 5.64. The summed E-state index contributed by atoms with van der Waals surface area (Å²) >= 11 is 9.26. The van der Waals surface area contributed by atoms with Gasteiger partial charge in [-0.3, -0.25) is 0 Å². The van der Waals surface area contributed by atoms with Gasteiger partial charge in [-0.25, -0.2) is 4.79 Å². The molecule has 1 aromatic heterocycles. The van der Waals surface area contributed by atoms with E-state index in [-0.39, 0.29) is 12.4 Å². The third-order valence-electron chi connectivity index (χ3n) is 2.81. The molecule has 1 heterocycles. The highest BCUT2D eigenvalue weighted by molar-refractivity contribution is 9.10. The van der Waals surface area contributed by atoms with Gasteiger partial charge in [-0.2, -0.15) is 0 Å². The van der Waals surface area contributed by atoms with Gasteiger partial charge in [0.15, 0.2) is 0 Å². The van der Waals surface area contributed by atoms with Gasteiger partial charge in [0, 0.05) is 20.4 Å². The third kappa shape index (κ3) is 4.34. The van der Waals surface area contributed by atoms with Gasteiger partial charge >= 0.3 is 5.97 Å². The van der Waals surface area contributed by atoms with Crippen LogP contribution in [0.1, 0.15) is 16.2 Å². The summed E-state index contributed by atoms with van der Waals surface area (Å²) in [5.41, 5.74) is 0.828. The molecule has 0 radical (unpaired) electrons. The van der Waals surface area contributed by atoms with Crippen molar-refractivity contribution in [2.45, 2.75) is 39.3 Å². The van der Waals surface area contributed by atoms with Crippen LogP contribution in [0.2, 0.25) is 30.7 Å². The molecular weight excluding hydrogens is 350 g/mol. The first-order chi connectivity index (χ1) is 8.65. The Bertz CT molecular complexity index is 482. The van der Waals surface area contributed by atoms with Gasteiger partial charge in [0.1, 0.15) is 12.4 Å². The fraction of sp³-hybridized carbons (Fsp3) is 0.583. The number of carbonyl (C=O) groups is 1. The van der Waals surface area contributed by atoms with Gasteiger partial charge in [0.25, 0.3) is 0 Å². The smallest absolute Gasteiger partial charge is 0.353 e. The second-order valence-corrected chi connectivity index (χ2v) is 12.4. The van der Waals surface area contributed by atoms with E-state index in [1.54, 1.807) is 11.5 Å². The van der Waals surface area contributed by atoms with Crippen LogP contribution >= 0.6 is 27.5 Å². The zero-order chi connectivity index (χ0) is 14.8. The molecule has 1 rings (SSSR count). The van der Waals surface area contributed by atoms with E-state index in [0.29, 0.717) is 21.8 Å². The molecule has 0 unspecified atom stereocenters. The zero-order valence-corrected chi connectivity index (χ0v) is 14.9. The van der Waals surface area contributed by atoms with Gasteiger partial charge in [-0.05, 0) is 28.9 Å². The van der Waals surface area contributed by atoms with E-state index >= 15 is 0 Å². The lowest BCUT2D eigenvalue weighted by Crippen LogP contribution is -2.22. The second kappa shape index (κ2) is 6.43. The highest BCUT2D eigenvalue weighted by Crippen LogP contribution is 2.32. The summed E-state index contributed by atoms with van der Waals surface area (Å²) in [6.45, 7) is 9.44. The fourth-order valence-electron chi connectivity index (χ4n) is 1.57. The fourth-order valence-corrected chi connectivity index (χ4v) is 3.19. The Morgan fingerprint density at radius 3 is 2.53 bits per heavy atom. The normalized spacial score (nSPS) is 11.9. The first kappa shape index (κ1) is 16.8. The predicted molar refractivity (Wildman–Crippen MR) is 82.9 cm³/mol. The first-order valence-corrected chi connectivity index (χ1v) is 10.9. The van der Waals surface area contributed by atoms with Crippen molar-refractivity contribution in [3.63, 3.8) is 0 Å². The minimum absolute atomic E-state index is 0.135. The molecule has 4 nitrogen and oxygen atoms in total. The van der Waals surface area contributed by atoms with Crippen molar-refractivity contribution in [3.05, 3.63) is 20.9 Å². The number of hydrogen-bond acceptors (Lipinski definition) is 2. The Labute approximate surface area is 127 Å². The zero-order valence-electron chi connectivity index (χ0n) is 11.6. The Balaban J connectivity index is 2.79. The number of ether oxygens (including phenoxy) is 1. The van der Waals surface area contributed by atoms with Crippen molar-refractivity contribution < 1.29 is 14.6 Å². The summed E-state index contributed by atoms with van der Waals surface area (Å²) in [6, 6.07) is 1.05. The van der Waals surface area contributed by atoms with Crippen molar-refractivity contribution in [2.75, 3.05) is 6.61 Å².